The van der Waals surface area contributed by atoms with Gasteiger partial charge in [-0.2, -0.15) is 0 Å². The standard InChI is InChI=1S/C27H28F2N2O2S/c1-3-18-13-27(14-18,25-15-30-26(32)33-25)21-12-22(28)20(11-23(21)29)16-31-17(2)9-10-24(34-31)19-7-5-4-6-8-19/h3-8,11-12,15,17-18,24H,1,9-10,13-14,16H2,2H3,(H,30,32)/t17-,18?,24+,27?/m0/s1. The molecule has 178 valence electrons. The number of benzene rings is 2. The van der Waals surface area contributed by atoms with Crippen molar-refractivity contribution in [3.8, 4) is 0 Å². The van der Waals surface area contributed by atoms with Crippen LogP contribution in [-0.4, -0.2) is 15.3 Å². The van der Waals surface area contributed by atoms with Crippen molar-refractivity contribution < 1.29 is 13.2 Å². The van der Waals surface area contributed by atoms with Crippen molar-refractivity contribution in [2.24, 2.45) is 5.92 Å². The number of allylic oxidation sites excluding steroid dienone is 1. The molecule has 5 rings (SSSR count). The lowest BCUT2D eigenvalue weighted by molar-refractivity contribution is 0.182. The van der Waals surface area contributed by atoms with Crippen molar-refractivity contribution in [3.63, 3.8) is 0 Å². The Morgan fingerprint density at radius 1 is 1.21 bits per heavy atom. The van der Waals surface area contributed by atoms with E-state index in [0.717, 1.165) is 12.8 Å². The molecule has 1 saturated carbocycles. The topological polar surface area (TPSA) is 49.2 Å². The quantitative estimate of drug-likeness (QED) is 0.322. The lowest BCUT2D eigenvalue weighted by Crippen LogP contribution is -2.42. The summed E-state index contributed by atoms with van der Waals surface area (Å²) in [5, 5.41) is 0.301. The summed E-state index contributed by atoms with van der Waals surface area (Å²) >= 11 is 1.71. The third-order valence-corrected chi connectivity index (χ3v) is 8.82. The molecule has 3 aromatic rings. The second-order valence-corrected chi connectivity index (χ2v) is 10.7. The fraction of sp³-hybridized carbons (Fsp3) is 0.370. The molecule has 0 unspecified atom stereocenters. The number of nitrogens with zero attached hydrogens (tertiary/aromatic N) is 1. The minimum Gasteiger partial charge on any atom is -0.412 e. The number of aromatic amines is 1. The number of oxazole rings is 1. The van der Waals surface area contributed by atoms with E-state index in [1.54, 1.807) is 11.9 Å². The second kappa shape index (κ2) is 9.19. The van der Waals surface area contributed by atoms with Gasteiger partial charge in [0.2, 0.25) is 0 Å². The highest BCUT2D eigenvalue weighted by Crippen LogP contribution is 2.53. The predicted molar refractivity (Wildman–Crippen MR) is 130 cm³/mol. The lowest BCUT2D eigenvalue weighted by atomic mass is 9.57. The van der Waals surface area contributed by atoms with Gasteiger partial charge in [0.1, 0.15) is 17.4 Å². The minimum atomic E-state index is -0.868. The van der Waals surface area contributed by atoms with Crippen LogP contribution in [-0.2, 0) is 12.0 Å². The molecule has 0 amide bonds. The van der Waals surface area contributed by atoms with Gasteiger partial charge in [0.15, 0.2) is 0 Å². The van der Waals surface area contributed by atoms with E-state index in [1.165, 1.54) is 23.9 Å². The molecule has 7 heteroatoms. The Kier molecular flexibility index (Phi) is 6.25. The van der Waals surface area contributed by atoms with Gasteiger partial charge in [-0.25, -0.2) is 17.9 Å². The zero-order valence-electron chi connectivity index (χ0n) is 19.1. The van der Waals surface area contributed by atoms with Crippen LogP contribution in [0.15, 0.2) is 70.5 Å². The molecule has 2 aliphatic rings. The third kappa shape index (κ3) is 4.16. The minimum absolute atomic E-state index is 0.155. The molecule has 1 aliphatic carbocycles. The van der Waals surface area contributed by atoms with E-state index >= 15 is 8.78 Å². The van der Waals surface area contributed by atoms with Gasteiger partial charge >= 0.3 is 5.76 Å². The van der Waals surface area contributed by atoms with Crippen LogP contribution in [0.3, 0.4) is 0 Å². The van der Waals surface area contributed by atoms with Gasteiger partial charge in [-0.1, -0.05) is 48.4 Å². The summed E-state index contributed by atoms with van der Waals surface area (Å²) in [5.41, 5.74) is 0.950. The van der Waals surface area contributed by atoms with Gasteiger partial charge < -0.3 is 4.42 Å². The van der Waals surface area contributed by atoms with Gasteiger partial charge in [0.05, 0.1) is 5.41 Å². The zero-order chi connectivity index (χ0) is 23.9. The molecule has 0 radical (unpaired) electrons. The molecule has 0 bridgehead atoms. The highest BCUT2D eigenvalue weighted by molar-refractivity contribution is 7.97. The van der Waals surface area contributed by atoms with Crippen molar-refractivity contribution in [2.75, 3.05) is 0 Å². The zero-order valence-corrected chi connectivity index (χ0v) is 19.9. The highest BCUT2D eigenvalue weighted by atomic mass is 32.2. The third-order valence-electron chi connectivity index (χ3n) is 7.30. The number of halogens is 2. The van der Waals surface area contributed by atoms with Crippen LogP contribution >= 0.6 is 11.9 Å². The summed E-state index contributed by atoms with van der Waals surface area (Å²) in [7, 11) is 0. The smallest absolute Gasteiger partial charge is 0.412 e. The van der Waals surface area contributed by atoms with Crippen LogP contribution in [0.2, 0.25) is 0 Å². The number of rotatable bonds is 6. The van der Waals surface area contributed by atoms with Crippen LogP contribution in [0.25, 0.3) is 0 Å². The molecule has 2 aromatic carbocycles. The maximum atomic E-state index is 15.5. The Labute approximate surface area is 202 Å². The molecular formula is C27H28F2N2O2S. The molecule has 1 aliphatic heterocycles. The van der Waals surface area contributed by atoms with Gasteiger partial charge in [0.25, 0.3) is 0 Å². The molecule has 2 heterocycles. The Balaban J connectivity index is 1.42. The maximum Gasteiger partial charge on any atom is 0.416 e. The fourth-order valence-corrected chi connectivity index (χ4v) is 6.64. The van der Waals surface area contributed by atoms with E-state index < -0.39 is 22.8 Å². The highest BCUT2D eigenvalue weighted by Gasteiger charge is 2.50. The first-order valence-corrected chi connectivity index (χ1v) is 12.5. The second-order valence-electron chi connectivity index (χ2n) is 9.46. The molecule has 0 spiro atoms. The molecule has 4 nitrogen and oxygen atoms in total. The Morgan fingerprint density at radius 2 is 1.97 bits per heavy atom. The van der Waals surface area contributed by atoms with E-state index in [0.29, 0.717) is 36.0 Å². The molecule has 2 fully saturated rings. The first-order chi connectivity index (χ1) is 16.4. The van der Waals surface area contributed by atoms with Gasteiger partial charge in [-0.15, -0.1) is 6.58 Å². The molecule has 1 aromatic heterocycles. The number of hydrogen-bond donors (Lipinski definition) is 1. The molecule has 1 N–H and O–H groups in total. The van der Waals surface area contributed by atoms with E-state index in [9.17, 15) is 4.79 Å². The summed E-state index contributed by atoms with van der Waals surface area (Å²) in [6.07, 6.45) is 6.35. The summed E-state index contributed by atoms with van der Waals surface area (Å²) in [6, 6.07) is 13.2. The predicted octanol–water partition coefficient (Wildman–Crippen LogP) is 6.50. The average Bonchev–Trinajstić information content (AvgIpc) is 3.24. The Bertz CT molecular complexity index is 1230. The van der Waals surface area contributed by atoms with Gasteiger partial charge in [0, 0.05) is 35.2 Å². The summed E-state index contributed by atoms with van der Waals surface area (Å²) in [6.45, 7) is 6.27. The van der Waals surface area contributed by atoms with Gasteiger partial charge in [-0.05, 0) is 56.2 Å². The fourth-order valence-electron chi connectivity index (χ4n) is 5.26. The Morgan fingerprint density at radius 3 is 2.65 bits per heavy atom. The molecule has 34 heavy (non-hydrogen) atoms. The van der Waals surface area contributed by atoms with Crippen LogP contribution < -0.4 is 5.76 Å². The van der Waals surface area contributed by atoms with Crippen LogP contribution in [0, 0.1) is 17.6 Å². The van der Waals surface area contributed by atoms with Gasteiger partial charge in [-0.3, -0.25) is 4.98 Å². The number of H-pyrrole nitrogens is 1. The van der Waals surface area contributed by atoms with Crippen LogP contribution in [0.4, 0.5) is 8.78 Å². The van der Waals surface area contributed by atoms with Crippen molar-refractivity contribution >= 4 is 11.9 Å². The van der Waals surface area contributed by atoms with E-state index in [2.05, 4.69) is 34.9 Å². The summed E-state index contributed by atoms with van der Waals surface area (Å²) < 4.78 is 38.4. The number of aromatic nitrogens is 1. The largest absolute Gasteiger partial charge is 0.416 e. The van der Waals surface area contributed by atoms with Crippen molar-refractivity contribution in [2.45, 2.75) is 55.9 Å². The normalized spacial score (nSPS) is 27.3. The van der Waals surface area contributed by atoms with E-state index in [-0.39, 0.29) is 17.5 Å². The molecule has 1 saturated heterocycles. The van der Waals surface area contributed by atoms with Crippen molar-refractivity contribution in [1.82, 2.24) is 9.29 Å². The monoisotopic (exact) mass is 482 g/mol. The lowest BCUT2D eigenvalue weighted by Gasteiger charge is -2.45. The van der Waals surface area contributed by atoms with E-state index in [4.69, 9.17) is 4.42 Å². The van der Waals surface area contributed by atoms with E-state index in [1.807, 2.05) is 24.3 Å². The van der Waals surface area contributed by atoms with Crippen LogP contribution in [0.5, 0.6) is 0 Å². The first-order valence-electron chi connectivity index (χ1n) is 11.7. The van der Waals surface area contributed by atoms with Crippen molar-refractivity contribution in [1.29, 1.82) is 0 Å². The molecular weight excluding hydrogens is 454 g/mol. The Hall–Kier alpha value is -2.64. The summed E-state index contributed by atoms with van der Waals surface area (Å²) in [5.74, 6) is -1.02. The van der Waals surface area contributed by atoms with Crippen LogP contribution in [0.1, 0.15) is 60.3 Å². The maximum absolute atomic E-state index is 15.5. The number of nitrogens with one attached hydrogen (secondary N) is 1. The SMILES string of the molecule is C=CC1CC(c2c[nH]c(=O)o2)(c2cc(F)c(CN3S[C@@H](c4ccccc4)CC[C@@H]3C)cc2F)C1. The average molecular weight is 483 g/mol. The summed E-state index contributed by atoms with van der Waals surface area (Å²) in [4.78, 5) is 14.1. The first kappa shape index (κ1) is 23.1. The molecule has 2 atom stereocenters. The number of hydrogen-bond acceptors (Lipinski definition) is 4. The van der Waals surface area contributed by atoms with Crippen molar-refractivity contribution in [3.05, 3.63) is 106 Å².